The first-order valence-electron chi connectivity index (χ1n) is 8.24. The highest BCUT2D eigenvalue weighted by molar-refractivity contribution is 5.92. The van der Waals surface area contributed by atoms with Gasteiger partial charge in [0.2, 0.25) is 0 Å². The highest BCUT2D eigenvalue weighted by Crippen LogP contribution is 2.12. The number of nitrogens with zero attached hydrogens (tertiary/aromatic N) is 3. The van der Waals surface area contributed by atoms with E-state index >= 15 is 0 Å². The molecule has 2 heterocycles. The van der Waals surface area contributed by atoms with Crippen LogP contribution in [0.15, 0.2) is 42.5 Å². The van der Waals surface area contributed by atoms with E-state index in [1.54, 1.807) is 6.07 Å². The van der Waals surface area contributed by atoms with Gasteiger partial charge in [0.15, 0.2) is 5.69 Å². The second-order valence-corrected chi connectivity index (χ2v) is 5.82. The van der Waals surface area contributed by atoms with Crippen molar-refractivity contribution >= 4 is 11.7 Å². The van der Waals surface area contributed by atoms with Crippen molar-refractivity contribution in [2.75, 3.05) is 25.0 Å². The molecular weight excluding hydrogens is 288 g/mol. The lowest BCUT2D eigenvalue weighted by atomic mass is 10.1. The first-order chi connectivity index (χ1) is 11.3. The number of amides is 1. The summed E-state index contributed by atoms with van der Waals surface area (Å²) in [7, 11) is 0. The van der Waals surface area contributed by atoms with E-state index in [2.05, 4.69) is 27.6 Å². The molecule has 1 N–H and O–H groups in total. The standard InChI is InChI=1S/C18H22N4O/c23-18(22-13-5-2-6-14-22)16-9-10-17(21-20-16)19-12-11-15-7-3-1-4-8-15/h1,3-4,7-10H,2,5-6,11-14H2,(H,19,21). The van der Waals surface area contributed by atoms with Gasteiger partial charge in [-0.1, -0.05) is 30.3 Å². The topological polar surface area (TPSA) is 58.1 Å². The number of carbonyl (C=O) groups excluding carboxylic acids is 1. The van der Waals surface area contributed by atoms with Crippen LogP contribution in [-0.4, -0.2) is 40.6 Å². The normalized spacial score (nSPS) is 14.5. The third kappa shape index (κ3) is 4.28. The number of rotatable bonds is 5. The van der Waals surface area contributed by atoms with Crippen LogP contribution in [0.25, 0.3) is 0 Å². The Morgan fingerprint density at radius 2 is 1.78 bits per heavy atom. The summed E-state index contributed by atoms with van der Waals surface area (Å²) in [5.41, 5.74) is 1.71. The third-order valence-corrected chi connectivity index (χ3v) is 4.09. The summed E-state index contributed by atoms with van der Waals surface area (Å²) in [5, 5.41) is 11.4. The second kappa shape index (κ2) is 7.72. The summed E-state index contributed by atoms with van der Waals surface area (Å²) in [6.45, 7) is 2.45. The van der Waals surface area contributed by atoms with Crippen LogP contribution in [0.5, 0.6) is 0 Å². The number of anilines is 1. The molecule has 1 aliphatic heterocycles. The van der Waals surface area contributed by atoms with Crippen molar-refractivity contribution in [3.63, 3.8) is 0 Å². The SMILES string of the molecule is O=C(c1ccc(NCCc2ccccc2)nn1)N1CCCCC1. The largest absolute Gasteiger partial charge is 0.368 e. The minimum absolute atomic E-state index is 0.00645. The Hall–Kier alpha value is -2.43. The van der Waals surface area contributed by atoms with Gasteiger partial charge in [0.05, 0.1) is 0 Å². The van der Waals surface area contributed by atoms with Crippen molar-refractivity contribution in [3.05, 3.63) is 53.7 Å². The average molecular weight is 310 g/mol. The van der Waals surface area contributed by atoms with E-state index in [9.17, 15) is 4.79 Å². The first kappa shape index (κ1) is 15.5. The van der Waals surface area contributed by atoms with Crippen LogP contribution >= 0.6 is 0 Å². The van der Waals surface area contributed by atoms with Crippen LogP contribution in [0.3, 0.4) is 0 Å². The fraction of sp³-hybridized carbons (Fsp3) is 0.389. The molecule has 1 saturated heterocycles. The van der Waals surface area contributed by atoms with E-state index in [-0.39, 0.29) is 5.91 Å². The van der Waals surface area contributed by atoms with E-state index < -0.39 is 0 Å². The molecule has 0 unspecified atom stereocenters. The molecule has 0 aliphatic carbocycles. The van der Waals surface area contributed by atoms with Crippen LogP contribution in [0.1, 0.15) is 35.3 Å². The Balaban J connectivity index is 1.51. The van der Waals surface area contributed by atoms with E-state index in [1.807, 2.05) is 29.2 Å². The van der Waals surface area contributed by atoms with Gasteiger partial charge in [-0.05, 0) is 43.4 Å². The summed E-state index contributed by atoms with van der Waals surface area (Å²) >= 11 is 0. The number of nitrogens with one attached hydrogen (secondary N) is 1. The average Bonchev–Trinajstić information content (AvgIpc) is 2.63. The van der Waals surface area contributed by atoms with Gasteiger partial charge in [-0.3, -0.25) is 4.79 Å². The quantitative estimate of drug-likeness (QED) is 0.922. The summed E-state index contributed by atoms with van der Waals surface area (Å²) in [6.07, 6.45) is 4.30. The molecule has 1 amide bonds. The lowest BCUT2D eigenvalue weighted by Gasteiger charge is -2.26. The van der Waals surface area contributed by atoms with E-state index in [1.165, 1.54) is 12.0 Å². The van der Waals surface area contributed by atoms with E-state index in [0.717, 1.165) is 38.9 Å². The Kier molecular flexibility index (Phi) is 5.19. The summed E-state index contributed by atoms with van der Waals surface area (Å²) in [6, 6.07) is 13.9. The van der Waals surface area contributed by atoms with Crippen LogP contribution in [0.2, 0.25) is 0 Å². The highest BCUT2D eigenvalue weighted by atomic mass is 16.2. The lowest BCUT2D eigenvalue weighted by molar-refractivity contribution is 0.0717. The monoisotopic (exact) mass is 310 g/mol. The molecule has 1 aliphatic rings. The van der Waals surface area contributed by atoms with Gasteiger partial charge in [-0.15, -0.1) is 10.2 Å². The van der Waals surface area contributed by atoms with Gasteiger partial charge >= 0.3 is 0 Å². The Morgan fingerprint density at radius 3 is 2.48 bits per heavy atom. The van der Waals surface area contributed by atoms with Crippen LogP contribution in [0.4, 0.5) is 5.82 Å². The van der Waals surface area contributed by atoms with Crippen molar-refractivity contribution in [1.82, 2.24) is 15.1 Å². The number of likely N-dealkylation sites (tertiary alicyclic amines) is 1. The molecule has 1 aromatic carbocycles. The van der Waals surface area contributed by atoms with Crippen LogP contribution < -0.4 is 5.32 Å². The Bertz CT molecular complexity index is 621. The molecule has 23 heavy (non-hydrogen) atoms. The van der Waals surface area contributed by atoms with Gasteiger partial charge in [-0.2, -0.15) is 0 Å². The minimum Gasteiger partial charge on any atom is -0.368 e. The maximum Gasteiger partial charge on any atom is 0.274 e. The van der Waals surface area contributed by atoms with Crippen molar-refractivity contribution in [2.45, 2.75) is 25.7 Å². The molecule has 0 spiro atoms. The number of piperidine rings is 1. The predicted octanol–water partition coefficient (Wildman–Crippen LogP) is 2.76. The fourth-order valence-electron chi connectivity index (χ4n) is 2.78. The van der Waals surface area contributed by atoms with Crippen molar-refractivity contribution < 1.29 is 4.79 Å². The van der Waals surface area contributed by atoms with E-state index in [0.29, 0.717) is 11.5 Å². The molecule has 0 radical (unpaired) electrons. The predicted molar refractivity (Wildman–Crippen MR) is 90.4 cm³/mol. The fourth-order valence-corrected chi connectivity index (χ4v) is 2.78. The van der Waals surface area contributed by atoms with E-state index in [4.69, 9.17) is 0 Å². The number of hydrogen-bond donors (Lipinski definition) is 1. The molecule has 1 aromatic heterocycles. The molecule has 2 aromatic rings. The summed E-state index contributed by atoms with van der Waals surface area (Å²) in [5.74, 6) is 0.698. The van der Waals surface area contributed by atoms with Gasteiger partial charge in [0.1, 0.15) is 5.82 Å². The van der Waals surface area contributed by atoms with Gasteiger partial charge in [0.25, 0.3) is 5.91 Å². The molecule has 0 saturated carbocycles. The second-order valence-electron chi connectivity index (χ2n) is 5.82. The third-order valence-electron chi connectivity index (χ3n) is 4.09. The smallest absolute Gasteiger partial charge is 0.274 e. The Morgan fingerprint density at radius 1 is 1.00 bits per heavy atom. The zero-order valence-electron chi connectivity index (χ0n) is 13.2. The minimum atomic E-state index is -0.00645. The number of aromatic nitrogens is 2. The number of benzene rings is 1. The summed E-state index contributed by atoms with van der Waals surface area (Å²) in [4.78, 5) is 14.2. The maximum atomic E-state index is 12.3. The molecular formula is C18H22N4O. The molecule has 5 nitrogen and oxygen atoms in total. The lowest BCUT2D eigenvalue weighted by Crippen LogP contribution is -2.36. The maximum absolute atomic E-state index is 12.3. The molecule has 120 valence electrons. The highest BCUT2D eigenvalue weighted by Gasteiger charge is 2.19. The molecule has 5 heteroatoms. The van der Waals surface area contributed by atoms with Crippen molar-refractivity contribution in [1.29, 1.82) is 0 Å². The summed E-state index contributed by atoms with van der Waals surface area (Å²) < 4.78 is 0. The Labute approximate surface area is 136 Å². The zero-order valence-corrected chi connectivity index (χ0v) is 13.2. The van der Waals surface area contributed by atoms with Crippen molar-refractivity contribution in [3.8, 4) is 0 Å². The van der Waals surface area contributed by atoms with Crippen LogP contribution in [-0.2, 0) is 6.42 Å². The van der Waals surface area contributed by atoms with Crippen LogP contribution in [0, 0.1) is 0 Å². The molecule has 0 atom stereocenters. The van der Waals surface area contributed by atoms with Gasteiger partial charge in [-0.25, -0.2) is 0 Å². The number of carbonyl (C=O) groups is 1. The molecule has 0 bridgehead atoms. The first-order valence-corrected chi connectivity index (χ1v) is 8.24. The molecule has 1 fully saturated rings. The van der Waals surface area contributed by atoms with Gasteiger partial charge < -0.3 is 10.2 Å². The number of hydrogen-bond acceptors (Lipinski definition) is 4. The van der Waals surface area contributed by atoms with Gasteiger partial charge in [0, 0.05) is 19.6 Å². The van der Waals surface area contributed by atoms with Crippen molar-refractivity contribution in [2.24, 2.45) is 0 Å². The zero-order chi connectivity index (χ0) is 15.9. The molecule has 3 rings (SSSR count).